The van der Waals surface area contributed by atoms with Gasteiger partial charge in [-0.25, -0.2) is 9.67 Å². The average molecular weight is 308 g/mol. The van der Waals surface area contributed by atoms with Crippen LogP contribution >= 0.6 is 0 Å². The number of hydrogen-bond donors (Lipinski definition) is 2. The Kier molecular flexibility index (Phi) is 4.16. The Morgan fingerprint density at radius 1 is 1.17 bits per heavy atom. The molecule has 0 fully saturated rings. The zero-order valence-electron chi connectivity index (χ0n) is 12.5. The summed E-state index contributed by atoms with van der Waals surface area (Å²) in [5.74, 6) is 0.221. The van der Waals surface area contributed by atoms with Crippen molar-refractivity contribution in [2.45, 2.75) is 13.0 Å². The van der Waals surface area contributed by atoms with Crippen LogP contribution in [-0.4, -0.2) is 25.8 Å². The summed E-state index contributed by atoms with van der Waals surface area (Å²) in [6, 6.07) is 14.1. The van der Waals surface area contributed by atoms with Crippen LogP contribution in [0.1, 0.15) is 29.1 Å². The van der Waals surface area contributed by atoms with Gasteiger partial charge in [0.05, 0.1) is 6.10 Å². The first-order chi connectivity index (χ1) is 11.1. The number of nitrogens with one attached hydrogen (secondary N) is 1. The Labute approximate surface area is 133 Å². The van der Waals surface area contributed by atoms with Crippen molar-refractivity contribution in [3.63, 3.8) is 0 Å². The van der Waals surface area contributed by atoms with E-state index in [1.54, 1.807) is 66.5 Å². The van der Waals surface area contributed by atoms with Crippen LogP contribution in [-0.2, 0) is 0 Å². The fraction of sp³-hybridized carbons (Fsp3) is 0.118. The van der Waals surface area contributed by atoms with Gasteiger partial charge in [-0.1, -0.05) is 24.3 Å². The molecule has 2 aromatic heterocycles. The number of pyridine rings is 1. The van der Waals surface area contributed by atoms with Gasteiger partial charge in [-0.2, -0.15) is 5.10 Å². The van der Waals surface area contributed by atoms with E-state index in [1.807, 2.05) is 6.07 Å². The second-order valence-corrected chi connectivity index (χ2v) is 5.05. The van der Waals surface area contributed by atoms with E-state index in [9.17, 15) is 9.90 Å². The highest BCUT2D eigenvalue weighted by Gasteiger charge is 2.13. The maximum Gasteiger partial charge on any atom is 0.274 e. The van der Waals surface area contributed by atoms with Gasteiger partial charge in [0.2, 0.25) is 0 Å². The summed E-state index contributed by atoms with van der Waals surface area (Å²) in [7, 11) is 0. The molecular formula is C17H16N4O2. The highest BCUT2D eigenvalue weighted by molar-refractivity contribution is 6.03. The smallest absolute Gasteiger partial charge is 0.274 e. The highest BCUT2D eigenvalue weighted by atomic mass is 16.3. The van der Waals surface area contributed by atoms with Crippen LogP contribution in [0.3, 0.4) is 0 Å². The Bertz CT molecular complexity index is 813. The molecule has 0 saturated heterocycles. The average Bonchev–Trinajstić information content (AvgIpc) is 3.10. The van der Waals surface area contributed by atoms with Crippen molar-refractivity contribution in [1.29, 1.82) is 0 Å². The van der Waals surface area contributed by atoms with Crippen molar-refractivity contribution in [1.82, 2.24) is 14.8 Å². The van der Waals surface area contributed by atoms with Crippen LogP contribution < -0.4 is 5.32 Å². The fourth-order valence-electron chi connectivity index (χ4n) is 2.24. The predicted octanol–water partition coefficient (Wildman–Crippen LogP) is 2.57. The van der Waals surface area contributed by atoms with Crippen molar-refractivity contribution in [2.24, 2.45) is 0 Å². The summed E-state index contributed by atoms with van der Waals surface area (Å²) in [5, 5.41) is 16.7. The molecule has 3 aromatic rings. The summed E-state index contributed by atoms with van der Waals surface area (Å²) < 4.78 is 1.58. The molecule has 1 amide bonds. The maximum atomic E-state index is 12.4. The first kappa shape index (κ1) is 14.9. The molecule has 2 N–H and O–H groups in total. The van der Waals surface area contributed by atoms with Gasteiger partial charge in [-0.05, 0) is 31.2 Å². The van der Waals surface area contributed by atoms with E-state index in [-0.39, 0.29) is 11.6 Å². The number of aliphatic hydroxyl groups is 1. The van der Waals surface area contributed by atoms with Gasteiger partial charge in [-0.15, -0.1) is 0 Å². The Morgan fingerprint density at radius 2 is 2.00 bits per heavy atom. The topological polar surface area (TPSA) is 80.0 Å². The number of carbonyl (C=O) groups excluding carboxylic acids is 1. The minimum absolute atomic E-state index is 0.276. The van der Waals surface area contributed by atoms with Crippen molar-refractivity contribution in [3.05, 3.63) is 72.2 Å². The molecule has 6 nitrogen and oxygen atoms in total. The molecule has 0 radical (unpaired) electrons. The molecule has 23 heavy (non-hydrogen) atoms. The first-order valence-electron chi connectivity index (χ1n) is 7.20. The number of aromatic nitrogens is 3. The lowest BCUT2D eigenvalue weighted by Gasteiger charge is -2.13. The first-order valence-corrected chi connectivity index (χ1v) is 7.20. The quantitative estimate of drug-likeness (QED) is 0.776. The molecule has 3 rings (SSSR count). The number of benzene rings is 1. The molecule has 0 aliphatic heterocycles. The minimum Gasteiger partial charge on any atom is -0.389 e. The second-order valence-electron chi connectivity index (χ2n) is 5.05. The molecule has 2 heterocycles. The van der Waals surface area contributed by atoms with Gasteiger partial charge < -0.3 is 10.4 Å². The van der Waals surface area contributed by atoms with E-state index in [4.69, 9.17) is 0 Å². The van der Waals surface area contributed by atoms with Crippen LogP contribution in [0.4, 0.5) is 5.69 Å². The zero-order chi connectivity index (χ0) is 16.2. The third-order valence-electron chi connectivity index (χ3n) is 3.37. The van der Waals surface area contributed by atoms with Crippen LogP contribution in [0.2, 0.25) is 0 Å². The van der Waals surface area contributed by atoms with Crippen LogP contribution in [0.15, 0.2) is 60.9 Å². The predicted molar refractivity (Wildman–Crippen MR) is 86.4 cm³/mol. The van der Waals surface area contributed by atoms with E-state index in [2.05, 4.69) is 15.4 Å². The van der Waals surface area contributed by atoms with E-state index in [0.717, 1.165) is 0 Å². The number of rotatable bonds is 4. The SMILES string of the molecule is C[C@@H](O)c1ccccc1NC(=O)c1cccc(-n2cccn2)n1. The molecule has 0 aliphatic rings. The van der Waals surface area contributed by atoms with Gasteiger partial charge in [0.1, 0.15) is 5.69 Å². The number of nitrogens with zero attached hydrogens (tertiary/aromatic N) is 3. The Hall–Kier alpha value is -2.99. The number of carbonyl (C=O) groups is 1. The Balaban J connectivity index is 1.86. The monoisotopic (exact) mass is 308 g/mol. The van der Waals surface area contributed by atoms with Crippen molar-refractivity contribution >= 4 is 11.6 Å². The van der Waals surface area contributed by atoms with Gasteiger partial charge >= 0.3 is 0 Å². The number of amides is 1. The summed E-state index contributed by atoms with van der Waals surface area (Å²) in [6.07, 6.45) is 2.73. The summed E-state index contributed by atoms with van der Waals surface area (Å²) in [5.41, 5.74) is 1.50. The number of para-hydroxylation sites is 1. The molecule has 0 bridgehead atoms. The molecule has 0 saturated carbocycles. The van der Waals surface area contributed by atoms with Crippen molar-refractivity contribution < 1.29 is 9.90 Å². The van der Waals surface area contributed by atoms with Gasteiger partial charge in [0.15, 0.2) is 5.82 Å². The normalized spacial score (nSPS) is 11.9. The molecule has 6 heteroatoms. The summed E-state index contributed by atoms with van der Waals surface area (Å²) >= 11 is 0. The van der Waals surface area contributed by atoms with Crippen molar-refractivity contribution in [3.8, 4) is 5.82 Å². The molecule has 0 unspecified atom stereocenters. The lowest BCUT2D eigenvalue weighted by molar-refractivity contribution is 0.102. The van der Waals surface area contributed by atoms with Gasteiger partial charge in [-0.3, -0.25) is 4.79 Å². The number of anilines is 1. The second kappa shape index (κ2) is 6.41. The number of hydrogen-bond acceptors (Lipinski definition) is 4. The largest absolute Gasteiger partial charge is 0.389 e. The summed E-state index contributed by atoms with van der Waals surface area (Å²) in [4.78, 5) is 16.7. The van der Waals surface area contributed by atoms with E-state index in [0.29, 0.717) is 17.1 Å². The van der Waals surface area contributed by atoms with E-state index < -0.39 is 6.10 Å². The fourth-order valence-corrected chi connectivity index (χ4v) is 2.24. The summed E-state index contributed by atoms with van der Waals surface area (Å²) in [6.45, 7) is 1.65. The third kappa shape index (κ3) is 3.27. The molecular weight excluding hydrogens is 292 g/mol. The van der Waals surface area contributed by atoms with Crippen LogP contribution in [0, 0.1) is 0 Å². The van der Waals surface area contributed by atoms with Crippen molar-refractivity contribution in [2.75, 3.05) is 5.32 Å². The molecule has 0 aliphatic carbocycles. The van der Waals surface area contributed by atoms with Crippen LogP contribution in [0.25, 0.3) is 5.82 Å². The van der Waals surface area contributed by atoms with E-state index in [1.165, 1.54) is 0 Å². The lowest BCUT2D eigenvalue weighted by atomic mass is 10.1. The minimum atomic E-state index is -0.671. The molecule has 116 valence electrons. The third-order valence-corrected chi connectivity index (χ3v) is 3.37. The Morgan fingerprint density at radius 3 is 2.74 bits per heavy atom. The molecule has 0 spiro atoms. The highest BCUT2D eigenvalue weighted by Crippen LogP contribution is 2.22. The molecule has 1 aromatic carbocycles. The van der Waals surface area contributed by atoms with Crippen LogP contribution in [0.5, 0.6) is 0 Å². The lowest BCUT2D eigenvalue weighted by Crippen LogP contribution is -2.16. The zero-order valence-corrected chi connectivity index (χ0v) is 12.5. The van der Waals surface area contributed by atoms with Gasteiger partial charge in [0, 0.05) is 23.6 Å². The number of aliphatic hydroxyl groups excluding tert-OH is 1. The molecule has 1 atom stereocenters. The van der Waals surface area contributed by atoms with Gasteiger partial charge in [0.25, 0.3) is 5.91 Å². The maximum absolute atomic E-state index is 12.4. The van der Waals surface area contributed by atoms with E-state index >= 15 is 0 Å². The standard InChI is InChI=1S/C17H16N4O2/c1-12(22)13-6-2-3-7-14(13)20-17(23)15-8-4-9-16(19-15)21-11-5-10-18-21/h2-12,22H,1H3,(H,20,23)/t12-/m1/s1.